The summed E-state index contributed by atoms with van der Waals surface area (Å²) in [6, 6.07) is 8.94. The highest BCUT2D eigenvalue weighted by Gasteiger charge is 2.11. The highest BCUT2D eigenvalue weighted by atomic mass is 35.5. The Bertz CT molecular complexity index is 711. The molecule has 90 valence electrons. The average Bonchev–Trinajstić information content (AvgIpc) is 2.34. The van der Waals surface area contributed by atoms with Gasteiger partial charge in [-0.1, -0.05) is 17.7 Å². The second kappa shape index (κ2) is 4.67. The molecule has 2 aromatic rings. The molecular weight excluding hydrogens is 248 g/mol. The van der Waals surface area contributed by atoms with Gasteiger partial charge in [-0.15, -0.1) is 0 Å². The number of pyridine rings is 1. The topological polar surface area (TPSA) is 45.8 Å². The molecule has 1 aromatic heterocycles. The van der Waals surface area contributed by atoms with Crippen LogP contribution in [0.4, 0.5) is 0 Å². The van der Waals surface area contributed by atoms with Crippen LogP contribution in [0.15, 0.2) is 35.3 Å². The quantitative estimate of drug-likeness (QED) is 0.789. The summed E-state index contributed by atoms with van der Waals surface area (Å²) in [5, 5.41) is 9.61. The van der Waals surface area contributed by atoms with Crippen LogP contribution in [0, 0.1) is 25.2 Å². The molecule has 0 N–H and O–H groups in total. The summed E-state index contributed by atoms with van der Waals surface area (Å²) in [5.74, 6) is 0. The van der Waals surface area contributed by atoms with Crippen LogP contribution in [0.3, 0.4) is 0 Å². The van der Waals surface area contributed by atoms with Gasteiger partial charge in [0.25, 0.3) is 5.56 Å². The molecular formula is C14H11ClN2O. The van der Waals surface area contributed by atoms with E-state index >= 15 is 0 Å². The molecule has 18 heavy (non-hydrogen) atoms. The Hall–Kier alpha value is -2.05. The van der Waals surface area contributed by atoms with Crippen LogP contribution in [-0.4, -0.2) is 4.57 Å². The van der Waals surface area contributed by atoms with Crippen molar-refractivity contribution in [2.75, 3.05) is 0 Å². The summed E-state index contributed by atoms with van der Waals surface area (Å²) in [6.07, 6.45) is 1.73. The molecule has 0 aliphatic rings. The molecule has 4 heteroatoms. The van der Waals surface area contributed by atoms with Gasteiger partial charge in [0.1, 0.15) is 11.6 Å². The van der Waals surface area contributed by atoms with E-state index in [4.69, 9.17) is 16.9 Å². The Morgan fingerprint density at radius 3 is 2.67 bits per heavy atom. The minimum Gasteiger partial charge on any atom is -0.283 e. The summed E-state index contributed by atoms with van der Waals surface area (Å²) in [7, 11) is 0. The third-order valence-electron chi connectivity index (χ3n) is 2.92. The molecule has 3 nitrogen and oxygen atoms in total. The molecule has 0 spiro atoms. The van der Waals surface area contributed by atoms with Crippen molar-refractivity contribution in [2.24, 2.45) is 0 Å². The molecule has 0 saturated carbocycles. The van der Waals surface area contributed by atoms with Crippen molar-refractivity contribution in [1.29, 1.82) is 5.26 Å². The lowest BCUT2D eigenvalue weighted by Crippen LogP contribution is -2.22. The number of rotatable bonds is 1. The largest absolute Gasteiger partial charge is 0.283 e. The van der Waals surface area contributed by atoms with E-state index in [1.807, 2.05) is 13.0 Å². The lowest BCUT2D eigenvalue weighted by molar-refractivity contribution is 0.956. The zero-order valence-electron chi connectivity index (χ0n) is 10.1. The molecule has 0 aliphatic carbocycles. The summed E-state index contributed by atoms with van der Waals surface area (Å²) in [4.78, 5) is 12.2. The number of nitrogens with zero attached hydrogens (tertiary/aromatic N) is 2. The van der Waals surface area contributed by atoms with Gasteiger partial charge in [0.05, 0.1) is 5.69 Å². The molecule has 1 heterocycles. The molecule has 0 bridgehead atoms. The summed E-state index contributed by atoms with van der Waals surface area (Å²) >= 11 is 5.91. The monoisotopic (exact) mass is 258 g/mol. The highest BCUT2D eigenvalue weighted by molar-refractivity contribution is 6.30. The Morgan fingerprint density at radius 1 is 1.33 bits per heavy atom. The lowest BCUT2D eigenvalue weighted by Gasteiger charge is -2.10. The molecule has 0 aliphatic heterocycles. The number of hydrogen-bond donors (Lipinski definition) is 0. The van der Waals surface area contributed by atoms with Crippen LogP contribution in [-0.2, 0) is 0 Å². The smallest absolute Gasteiger partial charge is 0.273 e. The summed E-state index contributed by atoms with van der Waals surface area (Å²) in [5.41, 5.74) is 2.14. The Kier molecular flexibility index (Phi) is 3.22. The van der Waals surface area contributed by atoms with Crippen molar-refractivity contribution >= 4 is 11.6 Å². The number of halogens is 1. The van der Waals surface area contributed by atoms with Crippen molar-refractivity contribution in [3.05, 3.63) is 62.5 Å². The van der Waals surface area contributed by atoms with Crippen LogP contribution in [0.25, 0.3) is 5.69 Å². The Balaban J connectivity index is 2.78. The number of aromatic nitrogens is 1. The first kappa shape index (κ1) is 12.4. The SMILES string of the molecule is Cc1cn(-c2cccc(Cl)c2)c(=O)c(C#N)c1C. The van der Waals surface area contributed by atoms with E-state index in [0.29, 0.717) is 10.7 Å². The first-order valence-corrected chi connectivity index (χ1v) is 5.81. The Labute approximate surface area is 110 Å². The lowest BCUT2D eigenvalue weighted by atomic mass is 10.1. The van der Waals surface area contributed by atoms with Gasteiger partial charge in [-0.2, -0.15) is 5.26 Å². The number of nitriles is 1. The Morgan fingerprint density at radius 2 is 2.06 bits per heavy atom. The van der Waals surface area contributed by atoms with Crippen molar-refractivity contribution in [3.8, 4) is 11.8 Å². The third-order valence-corrected chi connectivity index (χ3v) is 3.16. The standard InChI is InChI=1S/C14H11ClN2O/c1-9-8-17(12-5-3-4-11(15)6-12)14(18)13(7-16)10(9)2/h3-6,8H,1-2H3. The van der Waals surface area contributed by atoms with Crippen LogP contribution in [0.2, 0.25) is 5.02 Å². The van der Waals surface area contributed by atoms with E-state index in [1.165, 1.54) is 4.57 Å². The van der Waals surface area contributed by atoms with Gasteiger partial charge in [0.2, 0.25) is 0 Å². The van der Waals surface area contributed by atoms with Gasteiger partial charge in [-0.05, 0) is 43.2 Å². The van der Waals surface area contributed by atoms with E-state index in [-0.39, 0.29) is 11.1 Å². The number of hydrogen-bond acceptors (Lipinski definition) is 2. The van der Waals surface area contributed by atoms with Gasteiger partial charge < -0.3 is 0 Å². The van der Waals surface area contributed by atoms with Crippen LogP contribution >= 0.6 is 11.6 Å². The van der Waals surface area contributed by atoms with Crippen LogP contribution < -0.4 is 5.56 Å². The molecule has 0 atom stereocenters. The first-order chi connectivity index (χ1) is 8.54. The molecule has 1 aromatic carbocycles. The maximum absolute atomic E-state index is 12.2. The normalized spacial score (nSPS) is 10.1. The molecule has 0 unspecified atom stereocenters. The van der Waals surface area contributed by atoms with Crippen molar-refractivity contribution < 1.29 is 0 Å². The zero-order valence-corrected chi connectivity index (χ0v) is 10.8. The summed E-state index contributed by atoms with van der Waals surface area (Å²) in [6.45, 7) is 3.65. The van der Waals surface area contributed by atoms with Gasteiger partial charge >= 0.3 is 0 Å². The van der Waals surface area contributed by atoms with Crippen molar-refractivity contribution in [2.45, 2.75) is 13.8 Å². The van der Waals surface area contributed by atoms with Crippen molar-refractivity contribution in [3.63, 3.8) is 0 Å². The fourth-order valence-electron chi connectivity index (χ4n) is 1.78. The second-order valence-electron chi connectivity index (χ2n) is 4.08. The molecule has 0 saturated heterocycles. The van der Waals surface area contributed by atoms with Gasteiger partial charge in [0.15, 0.2) is 0 Å². The third kappa shape index (κ3) is 2.03. The second-order valence-corrected chi connectivity index (χ2v) is 4.52. The van der Waals surface area contributed by atoms with Crippen LogP contribution in [0.5, 0.6) is 0 Å². The minimum atomic E-state index is -0.317. The van der Waals surface area contributed by atoms with Gasteiger partial charge in [-0.3, -0.25) is 9.36 Å². The first-order valence-electron chi connectivity index (χ1n) is 5.43. The predicted molar refractivity (Wildman–Crippen MR) is 71.2 cm³/mol. The number of aryl methyl sites for hydroxylation is 1. The molecule has 0 amide bonds. The summed E-state index contributed by atoms with van der Waals surface area (Å²) < 4.78 is 1.45. The molecule has 2 rings (SSSR count). The highest BCUT2D eigenvalue weighted by Crippen LogP contribution is 2.16. The fraction of sp³-hybridized carbons (Fsp3) is 0.143. The van der Waals surface area contributed by atoms with E-state index in [0.717, 1.165) is 11.1 Å². The van der Waals surface area contributed by atoms with Gasteiger partial charge in [0, 0.05) is 11.2 Å². The number of benzene rings is 1. The van der Waals surface area contributed by atoms with E-state index in [2.05, 4.69) is 0 Å². The van der Waals surface area contributed by atoms with Gasteiger partial charge in [-0.25, -0.2) is 0 Å². The van der Waals surface area contributed by atoms with Crippen LogP contribution in [0.1, 0.15) is 16.7 Å². The minimum absolute atomic E-state index is 0.176. The average molecular weight is 259 g/mol. The fourth-order valence-corrected chi connectivity index (χ4v) is 1.96. The van der Waals surface area contributed by atoms with E-state index in [9.17, 15) is 4.79 Å². The maximum atomic E-state index is 12.2. The van der Waals surface area contributed by atoms with E-state index in [1.54, 1.807) is 37.4 Å². The molecule has 0 fully saturated rings. The molecule has 0 radical (unpaired) electrons. The van der Waals surface area contributed by atoms with E-state index < -0.39 is 0 Å². The van der Waals surface area contributed by atoms with Crippen molar-refractivity contribution in [1.82, 2.24) is 4.57 Å². The predicted octanol–water partition coefficient (Wildman–Crippen LogP) is 2.98. The zero-order chi connectivity index (χ0) is 13.3. The maximum Gasteiger partial charge on any atom is 0.273 e.